The molecular formula is C29H23BClNO7. The highest BCUT2D eigenvalue weighted by Gasteiger charge is 2.56. The van der Waals surface area contributed by atoms with Gasteiger partial charge in [0.15, 0.2) is 11.6 Å². The van der Waals surface area contributed by atoms with Crippen LogP contribution in [0.25, 0.3) is 0 Å². The van der Waals surface area contributed by atoms with Crippen LogP contribution in [0.3, 0.4) is 0 Å². The first-order valence-corrected chi connectivity index (χ1v) is 13.0. The van der Waals surface area contributed by atoms with Crippen LogP contribution >= 0.6 is 11.6 Å². The number of carbonyl (C=O) groups is 4. The second kappa shape index (κ2) is 9.15. The van der Waals surface area contributed by atoms with Crippen molar-refractivity contribution in [2.24, 2.45) is 17.8 Å². The van der Waals surface area contributed by atoms with Gasteiger partial charge in [-0.2, -0.15) is 0 Å². The smallest absolute Gasteiger partial charge is 0.488 e. The van der Waals surface area contributed by atoms with E-state index in [-0.39, 0.29) is 52.5 Å². The van der Waals surface area contributed by atoms with Gasteiger partial charge >= 0.3 is 7.12 Å². The maximum absolute atomic E-state index is 13.9. The third-order valence-electron chi connectivity index (χ3n) is 8.29. The topological polar surface area (TPSA) is 132 Å². The normalized spacial score (nSPS) is 26.2. The molecule has 2 amide bonds. The molecule has 1 saturated heterocycles. The van der Waals surface area contributed by atoms with E-state index in [1.54, 1.807) is 19.1 Å². The largest absolute Gasteiger partial charge is 0.508 e. The molecule has 0 aromatic heterocycles. The molecule has 4 atom stereocenters. The second-order valence-electron chi connectivity index (χ2n) is 10.4. The first-order valence-electron chi connectivity index (χ1n) is 12.6. The molecule has 4 aliphatic rings. The van der Waals surface area contributed by atoms with E-state index in [0.717, 1.165) is 4.90 Å². The number of hydrogen-bond acceptors (Lipinski definition) is 7. The molecule has 1 heterocycles. The molecule has 0 spiro atoms. The summed E-state index contributed by atoms with van der Waals surface area (Å²) in [7, 11) is -1.77. The zero-order valence-corrected chi connectivity index (χ0v) is 21.6. The lowest BCUT2D eigenvalue weighted by Crippen LogP contribution is -2.40. The molecule has 2 aromatic rings. The predicted molar refractivity (Wildman–Crippen MR) is 143 cm³/mol. The zero-order valence-electron chi connectivity index (χ0n) is 20.8. The average molecular weight is 544 g/mol. The van der Waals surface area contributed by atoms with Crippen LogP contribution in [0.5, 0.6) is 5.75 Å². The number of rotatable bonds is 3. The molecular weight excluding hydrogens is 521 g/mol. The number of allylic oxidation sites excluding steroid dienone is 6. The van der Waals surface area contributed by atoms with E-state index in [4.69, 9.17) is 11.6 Å². The highest BCUT2D eigenvalue weighted by Crippen LogP contribution is 2.56. The number of hydrogen-bond donors (Lipinski definition) is 3. The van der Waals surface area contributed by atoms with Gasteiger partial charge in [-0.25, -0.2) is 0 Å². The van der Waals surface area contributed by atoms with Crippen LogP contribution in [-0.2, 0) is 19.2 Å². The van der Waals surface area contributed by atoms with Gasteiger partial charge in [-0.1, -0.05) is 35.4 Å². The molecule has 4 unspecified atom stereocenters. The monoisotopic (exact) mass is 543 g/mol. The number of ketones is 2. The number of benzene rings is 2. The minimum Gasteiger partial charge on any atom is -0.508 e. The van der Waals surface area contributed by atoms with Crippen molar-refractivity contribution in [3.05, 3.63) is 87.5 Å². The third kappa shape index (κ3) is 3.84. The number of Topliss-reactive ketones (excluding diaryl/α,β-unsaturated/α-hetero) is 1. The quantitative estimate of drug-likeness (QED) is 0.234. The maximum Gasteiger partial charge on any atom is 0.488 e. The van der Waals surface area contributed by atoms with E-state index in [2.05, 4.69) is 0 Å². The summed E-state index contributed by atoms with van der Waals surface area (Å²) >= 11 is 6.28. The average Bonchev–Trinajstić information content (AvgIpc) is 3.17. The lowest BCUT2D eigenvalue weighted by Gasteiger charge is -2.42. The fraction of sp³-hybridized carbons (Fsp3) is 0.241. The van der Waals surface area contributed by atoms with Crippen molar-refractivity contribution in [1.29, 1.82) is 0 Å². The van der Waals surface area contributed by atoms with Crippen molar-refractivity contribution in [2.75, 3.05) is 4.90 Å². The number of carbonyl (C=O) groups excluding carboxylic acids is 4. The molecule has 8 nitrogen and oxygen atoms in total. The Morgan fingerprint density at radius 3 is 2.51 bits per heavy atom. The highest BCUT2D eigenvalue weighted by molar-refractivity contribution is 6.58. The van der Waals surface area contributed by atoms with Crippen molar-refractivity contribution in [1.82, 2.24) is 0 Å². The minimum atomic E-state index is -1.77. The van der Waals surface area contributed by atoms with Crippen molar-refractivity contribution >= 4 is 53.3 Å². The molecule has 3 N–H and O–H groups in total. The van der Waals surface area contributed by atoms with Crippen LogP contribution < -0.4 is 10.4 Å². The van der Waals surface area contributed by atoms with E-state index in [1.165, 1.54) is 36.4 Å². The maximum atomic E-state index is 13.9. The number of amides is 2. The van der Waals surface area contributed by atoms with E-state index in [0.29, 0.717) is 21.7 Å². The molecule has 1 aliphatic heterocycles. The number of phenolic OH excluding ortho intramolecular Hbond substituents is 1. The molecule has 10 heteroatoms. The van der Waals surface area contributed by atoms with E-state index < -0.39 is 42.6 Å². The third-order valence-corrected chi connectivity index (χ3v) is 8.52. The van der Waals surface area contributed by atoms with Crippen LogP contribution in [0.2, 0.25) is 5.02 Å². The minimum absolute atomic E-state index is 0.0960. The van der Waals surface area contributed by atoms with Crippen LogP contribution in [0.4, 0.5) is 5.69 Å². The molecule has 6 rings (SSSR count). The van der Waals surface area contributed by atoms with Crippen LogP contribution in [0.1, 0.15) is 31.2 Å². The van der Waals surface area contributed by atoms with Crippen molar-refractivity contribution in [2.45, 2.75) is 25.7 Å². The van der Waals surface area contributed by atoms with Gasteiger partial charge in [0.2, 0.25) is 11.8 Å². The molecule has 39 heavy (non-hydrogen) atoms. The Bertz CT molecular complexity index is 1590. The van der Waals surface area contributed by atoms with Gasteiger partial charge in [0.1, 0.15) is 5.75 Å². The Balaban J connectivity index is 1.49. The molecule has 3 aliphatic carbocycles. The van der Waals surface area contributed by atoms with Gasteiger partial charge in [-0.05, 0) is 67.6 Å². The number of aromatic hydroxyl groups is 1. The number of nitrogens with zero attached hydrogens (tertiary/aromatic N) is 1. The summed E-state index contributed by atoms with van der Waals surface area (Å²) in [6.07, 6.45) is 3.50. The number of imide groups is 1. The second-order valence-corrected chi connectivity index (χ2v) is 10.8. The number of anilines is 1. The SMILES string of the molecule is CC1=CC(=O)C2=C(CC3C(=CCC4C(=O)N(c5cccc(B(O)O)c5)C(=O)C43)C2c2cc(Cl)ccc2O)C1=O. The zero-order chi connectivity index (χ0) is 27.7. The van der Waals surface area contributed by atoms with Gasteiger partial charge in [0, 0.05) is 33.2 Å². The summed E-state index contributed by atoms with van der Waals surface area (Å²) < 4.78 is 0. The summed E-state index contributed by atoms with van der Waals surface area (Å²) in [5.74, 6) is -4.44. The standard InChI is InChI=1S/C29H23BClNO7/c1-13-9-23(34)26-21(27(13)35)12-19-17(24(26)20-11-15(31)5-8-22(20)33)6-7-18-25(19)29(37)32(28(18)36)16-4-2-3-14(10-16)30(38)39/h2-6,8-11,18-19,24-25,33,38-39H,7,12H2,1H3. The van der Waals surface area contributed by atoms with Crippen molar-refractivity contribution < 1.29 is 34.3 Å². The van der Waals surface area contributed by atoms with Crippen molar-refractivity contribution in [3.63, 3.8) is 0 Å². The Hall–Kier alpha value is -3.79. The number of fused-ring (bicyclic) bond motifs is 3. The Morgan fingerprint density at radius 1 is 1.00 bits per heavy atom. The van der Waals surface area contributed by atoms with Gasteiger partial charge in [0.05, 0.1) is 17.5 Å². The summed E-state index contributed by atoms with van der Waals surface area (Å²) in [6.45, 7) is 1.57. The van der Waals surface area contributed by atoms with Crippen LogP contribution in [-0.4, -0.2) is 45.7 Å². The van der Waals surface area contributed by atoms with Gasteiger partial charge < -0.3 is 15.2 Å². The lowest BCUT2D eigenvalue weighted by atomic mass is 9.59. The molecule has 196 valence electrons. The van der Waals surface area contributed by atoms with E-state index in [9.17, 15) is 34.3 Å². The van der Waals surface area contributed by atoms with Gasteiger partial charge in [0.25, 0.3) is 0 Å². The lowest BCUT2D eigenvalue weighted by molar-refractivity contribution is -0.123. The van der Waals surface area contributed by atoms with Crippen LogP contribution in [0.15, 0.2) is 76.9 Å². The molecule has 0 saturated carbocycles. The van der Waals surface area contributed by atoms with E-state index in [1.807, 2.05) is 6.08 Å². The number of phenols is 1. The predicted octanol–water partition coefficient (Wildman–Crippen LogP) is 2.36. The highest BCUT2D eigenvalue weighted by atomic mass is 35.5. The Labute approximate surface area is 229 Å². The molecule has 0 bridgehead atoms. The summed E-state index contributed by atoms with van der Waals surface area (Å²) in [6, 6.07) is 10.5. The molecule has 0 radical (unpaired) electrons. The molecule has 2 aromatic carbocycles. The molecule has 1 fully saturated rings. The fourth-order valence-corrected chi connectivity index (χ4v) is 6.75. The van der Waals surface area contributed by atoms with Crippen molar-refractivity contribution in [3.8, 4) is 5.75 Å². The first kappa shape index (κ1) is 25.5. The first-order chi connectivity index (χ1) is 18.6. The Morgan fingerprint density at radius 2 is 1.77 bits per heavy atom. The van der Waals surface area contributed by atoms with Gasteiger partial charge in [-0.3, -0.25) is 24.1 Å². The summed E-state index contributed by atoms with van der Waals surface area (Å²) in [4.78, 5) is 55.2. The fourth-order valence-electron chi connectivity index (χ4n) is 6.57. The van der Waals surface area contributed by atoms with Crippen LogP contribution in [0, 0.1) is 17.8 Å². The van der Waals surface area contributed by atoms with Gasteiger partial charge in [-0.15, -0.1) is 0 Å². The van der Waals surface area contributed by atoms with E-state index >= 15 is 0 Å². The number of halogens is 1. The Kier molecular flexibility index (Phi) is 5.98. The summed E-state index contributed by atoms with van der Waals surface area (Å²) in [5.41, 5.74) is 2.27. The summed E-state index contributed by atoms with van der Waals surface area (Å²) in [5, 5.41) is 30.4.